The molecule has 192 valence electrons. The van der Waals surface area contributed by atoms with Crippen LogP contribution in [0.5, 0.6) is 0 Å². The number of pyridine rings is 2. The van der Waals surface area contributed by atoms with Crippen molar-refractivity contribution in [2.45, 2.75) is 0 Å². The minimum Gasteiger partial charge on any atom is -0.405 e. The molecule has 0 atom stereocenters. The first-order valence-electron chi connectivity index (χ1n) is 13.6. The number of fused-ring (bicyclic) bond motifs is 3. The smallest absolute Gasteiger partial charge is 0.405 e. The maximum Gasteiger partial charge on any atom is 0.496 e. The van der Waals surface area contributed by atoms with Gasteiger partial charge in [-0.15, -0.1) is 0 Å². The van der Waals surface area contributed by atoms with Crippen LogP contribution >= 0.6 is 0 Å². The molecule has 0 unspecified atom stereocenters. The van der Waals surface area contributed by atoms with Gasteiger partial charge in [-0.1, -0.05) is 72.8 Å². The third-order valence-electron chi connectivity index (χ3n) is 7.86. The van der Waals surface area contributed by atoms with Crippen molar-refractivity contribution in [1.29, 1.82) is 0 Å². The number of hydrogen-bond donors (Lipinski definition) is 0. The number of rotatable bonds is 4. The van der Waals surface area contributed by atoms with Gasteiger partial charge in [0.2, 0.25) is 0 Å². The first kappa shape index (κ1) is 23.8. The molecule has 0 bridgehead atoms. The summed E-state index contributed by atoms with van der Waals surface area (Å²) in [5.74, 6) is 0. The van der Waals surface area contributed by atoms with E-state index in [-0.39, 0.29) is 14.2 Å². The van der Waals surface area contributed by atoms with Gasteiger partial charge in [0, 0.05) is 34.1 Å². The topological polar surface area (TPSA) is 62.7 Å². The maximum absolute atomic E-state index is 5.82. The summed E-state index contributed by atoms with van der Waals surface area (Å²) in [6.07, 6.45) is 3.66. The molecule has 8 rings (SSSR count). The minimum atomic E-state index is -0.379. The van der Waals surface area contributed by atoms with Gasteiger partial charge in [0.05, 0.1) is 37.5 Å². The summed E-state index contributed by atoms with van der Waals surface area (Å²) in [6, 6.07) is 29.8. The van der Waals surface area contributed by atoms with Crippen molar-refractivity contribution in [1.82, 2.24) is 9.97 Å². The van der Waals surface area contributed by atoms with Crippen molar-refractivity contribution in [3.8, 4) is 22.3 Å². The number of benzene rings is 4. The monoisotopic (exact) mass is 522 g/mol. The molecule has 2 aromatic heterocycles. The van der Waals surface area contributed by atoms with Gasteiger partial charge < -0.3 is 18.6 Å². The van der Waals surface area contributed by atoms with Crippen LogP contribution in [0.1, 0.15) is 0 Å². The summed E-state index contributed by atoms with van der Waals surface area (Å²) in [6.45, 7) is 2.38. The Kier molecular flexibility index (Phi) is 5.85. The summed E-state index contributed by atoms with van der Waals surface area (Å²) in [5.41, 5.74) is 8.31. The Morgan fingerprint density at radius 3 is 1.25 bits per heavy atom. The van der Waals surface area contributed by atoms with E-state index in [4.69, 9.17) is 28.6 Å². The number of aromatic nitrogens is 2. The van der Waals surface area contributed by atoms with E-state index in [1.54, 1.807) is 0 Å². The summed E-state index contributed by atoms with van der Waals surface area (Å²) in [7, 11) is -0.758. The molecule has 2 aliphatic heterocycles. The Morgan fingerprint density at radius 1 is 0.425 bits per heavy atom. The molecule has 0 N–H and O–H groups in total. The molecule has 0 aliphatic carbocycles. The molecule has 4 aromatic carbocycles. The van der Waals surface area contributed by atoms with Crippen LogP contribution in [0.25, 0.3) is 54.8 Å². The Labute approximate surface area is 232 Å². The van der Waals surface area contributed by atoms with E-state index in [0.717, 1.165) is 55.0 Å². The molecular formula is C32H24B2N2O4. The second-order valence-corrected chi connectivity index (χ2v) is 10.1. The van der Waals surface area contributed by atoms with Gasteiger partial charge in [-0.3, -0.25) is 9.97 Å². The number of nitrogens with zero attached hydrogens (tertiary/aromatic N) is 2. The molecule has 0 radical (unpaired) electrons. The maximum atomic E-state index is 5.82. The highest BCUT2D eigenvalue weighted by atomic mass is 16.6. The van der Waals surface area contributed by atoms with Crippen LogP contribution in [-0.2, 0) is 18.6 Å². The van der Waals surface area contributed by atoms with Crippen LogP contribution in [0.4, 0.5) is 0 Å². The predicted molar refractivity (Wildman–Crippen MR) is 160 cm³/mol. The molecule has 6 aromatic rings. The molecule has 2 aliphatic rings. The fourth-order valence-electron chi connectivity index (χ4n) is 6.08. The van der Waals surface area contributed by atoms with Gasteiger partial charge in [0.1, 0.15) is 0 Å². The average Bonchev–Trinajstić information content (AvgIpc) is 3.75. The summed E-state index contributed by atoms with van der Waals surface area (Å²) in [4.78, 5) is 9.49. The first-order chi connectivity index (χ1) is 19.9. The molecule has 2 saturated heterocycles. The predicted octanol–water partition coefficient (Wildman–Crippen LogP) is 4.75. The van der Waals surface area contributed by atoms with E-state index in [0.29, 0.717) is 26.4 Å². The molecule has 40 heavy (non-hydrogen) atoms. The van der Waals surface area contributed by atoms with Crippen molar-refractivity contribution in [3.05, 3.63) is 97.3 Å². The fourth-order valence-corrected chi connectivity index (χ4v) is 6.08. The van der Waals surface area contributed by atoms with Crippen LogP contribution in [0.2, 0.25) is 0 Å². The SMILES string of the molecule is c1ccc2c(-c3ccc(B4OCCO4)c4ncccc34)ccc(-c3ccc(B4OCCO4)c4ncccc34)c2c1. The Morgan fingerprint density at radius 2 is 0.800 bits per heavy atom. The summed E-state index contributed by atoms with van der Waals surface area (Å²) < 4.78 is 23.3. The van der Waals surface area contributed by atoms with Gasteiger partial charge in [-0.2, -0.15) is 0 Å². The van der Waals surface area contributed by atoms with Crippen LogP contribution in [-0.4, -0.2) is 50.6 Å². The molecule has 0 spiro atoms. The van der Waals surface area contributed by atoms with Crippen LogP contribution in [0.15, 0.2) is 97.3 Å². The lowest BCUT2D eigenvalue weighted by atomic mass is 9.76. The van der Waals surface area contributed by atoms with E-state index in [9.17, 15) is 0 Å². The zero-order valence-corrected chi connectivity index (χ0v) is 21.7. The fraction of sp³-hybridized carbons (Fsp3) is 0.125. The van der Waals surface area contributed by atoms with Crippen molar-refractivity contribution in [2.24, 2.45) is 0 Å². The zero-order valence-electron chi connectivity index (χ0n) is 21.7. The summed E-state index contributed by atoms with van der Waals surface area (Å²) in [5, 5.41) is 4.50. The Hall–Kier alpha value is -4.07. The van der Waals surface area contributed by atoms with E-state index in [2.05, 4.69) is 72.8 Å². The number of hydrogen-bond acceptors (Lipinski definition) is 6. The van der Waals surface area contributed by atoms with E-state index in [1.807, 2.05) is 24.5 Å². The highest BCUT2D eigenvalue weighted by Gasteiger charge is 2.30. The van der Waals surface area contributed by atoms with E-state index < -0.39 is 0 Å². The largest absolute Gasteiger partial charge is 0.496 e. The highest BCUT2D eigenvalue weighted by molar-refractivity contribution is 6.65. The standard InChI is InChI=1S/C32H24B2N2O4/c1-2-6-22-21(5-1)23(25-11-13-29(33-37-17-18-38-33)31-27(25)7-3-15-35-31)9-10-24(22)26-12-14-30(34-39-19-20-40-34)32-28(26)8-4-16-36-32/h1-16H,17-20H2. The zero-order chi connectivity index (χ0) is 26.5. The van der Waals surface area contributed by atoms with Gasteiger partial charge in [0.25, 0.3) is 0 Å². The molecule has 0 amide bonds. The lowest BCUT2D eigenvalue weighted by molar-refractivity contribution is 0.365. The van der Waals surface area contributed by atoms with E-state index in [1.165, 1.54) is 10.8 Å². The van der Waals surface area contributed by atoms with Crippen molar-refractivity contribution >= 4 is 57.7 Å². The quantitative estimate of drug-likeness (QED) is 0.312. The van der Waals surface area contributed by atoms with E-state index >= 15 is 0 Å². The second kappa shape index (κ2) is 9.84. The van der Waals surface area contributed by atoms with Gasteiger partial charge in [0.15, 0.2) is 0 Å². The normalized spacial score (nSPS) is 15.6. The summed E-state index contributed by atoms with van der Waals surface area (Å²) >= 11 is 0. The van der Waals surface area contributed by atoms with Crippen molar-refractivity contribution in [3.63, 3.8) is 0 Å². The molecule has 6 nitrogen and oxygen atoms in total. The average molecular weight is 522 g/mol. The highest BCUT2D eigenvalue weighted by Crippen LogP contribution is 2.39. The second-order valence-electron chi connectivity index (χ2n) is 10.1. The third kappa shape index (κ3) is 3.84. The van der Waals surface area contributed by atoms with Gasteiger partial charge in [-0.25, -0.2) is 0 Å². The first-order valence-corrected chi connectivity index (χ1v) is 13.6. The van der Waals surface area contributed by atoms with Crippen molar-refractivity contribution in [2.75, 3.05) is 26.4 Å². The Bertz CT molecular complexity index is 1760. The minimum absolute atomic E-state index is 0.379. The van der Waals surface area contributed by atoms with Gasteiger partial charge >= 0.3 is 14.2 Å². The van der Waals surface area contributed by atoms with Crippen LogP contribution in [0.3, 0.4) is 0 Å². The molecule has 4 heterocycles. The lowest BCUT2D eigenvalue weighted by Gasteiger charge is -2.17. The molecule has 0 saturated carbocycles. The van der Waals surface area contributed by atoms with Gasteiger partial charge in [-0.05, 0) is 45.2 Å². The molecular weight excluding hydrogens is 498 g/mol. The van der Waals surface area contributed by atoms with Crippen LogP contribution < -0.4 is 10.9 Å². The molecule has 8 heteroatoms. The third-order valence-corrected chi connectivity index (χ3v) is 7.86. The van der Waals surface area contributed by atoms with Crippen LogP contribution in [0, 0.1) is 0 Å². The van der Waals surface area contributed by atoms with Crippen molar-refractivity contribution < 1.29 is 18.6 Å². The molecule has 2 fully saturated rings. The Balaban J connectivity index is 1.32. The lowest BCUT2D eigenvalue weighted by Crippen LogP contribution is -2.32.